The first kappa shape index (κ1) is 11.9. The van der Waals surface area contributed by atoms with Crippen LogP contribution in [0.15, 0.2) is 0 Å². The van der Waals surface area contributed by atoms with Crippen LogP contribution in [0.25, 0.3) is 0 Å². The molecule has 2 fully saturated rings. The molecule has 2 saturated carbocycles. The first-order valence-corrected chi connectivity index (χ1v) is 6.61. The number of hydrogen-bond donors (Lipinski definition) is 0. The lowest BCUT2D eigenvalue weighted by molar-refractivity contribution is -0.174. The maximum absolute atomic E-state index is 12.1. The Morgan fingerprint density at radius 3 is 2.56 bits per heavy atom. The van der Waals surface area contributed by atoms with Gasteiger partial charge in [0.15, 0.2) is 0 Å². The van der Waals surface area contributed by atoms with Crippen molar-refractivity contribution in [1.29, 1.82) is 0 Å². The van der Waals surface area contributed by atoms with Crippen LogP contribution >= 0.6 is 0 Å². The minimum Gasteiger partial charge on any atom is -0.459 e. The highest BCUT2D eigenvalue weighted by Crippen LogP contribution is 2.52. The summed E-state index contributed by atoms with van der Waals surface area (Å²) in [5.74, 6) is 1.42. The van der Waals surface area contributed by atoms with Crippen LogP contribution in [0.4, 0.5) is 0 Å². The fraction of sp³-hybridized carbons (Fsp3) is 0.929. The first-order valence-electron chi connectivity index (χ1n) is 6.61. The Labute approximate surface area is 98.7 Å². The van der Waals surface area contributed by atoms with Crippen LogP contribution < -0.4 is 0 Å². The monoisotopic (exact) mass is 224 g/mol. The molecular formula is C14H24O2. The standard InChI is InChI=1S/C14H24O2/c1-5-13(2,3)12(15)16-14(4)9-10-6-7-11(14)8-10/h10-11H,5-9H2,1-4H3. The zero-order valence-electron chi connectivity index (χ0n) is 11.0. The van der Waals surface area contributed by atoms with Crippen LogP contribution in [-0.2, 0) is 9.53 Å². The lowest BCUT2D eigenvalue weighted by Crippen LogP contribution is -2.41. The first-order chi connectivity index (χ1) is 7.37. The van der Waals surface area contributed by atoms with Crippen molar-refractivity contribution in [1.82, 2.24) is 0 Å². The smallest absolute Gasteiger partial charge is 0.312 e. The SMILES string of the molecule is CCC(C)(C)C(=O)OC1(C)CC2CCC1C2. The van der Waals surface area contributed by atoms with Gasteiger partial charge in [0.2, 0.25) is 0 Å². The molecule has 0 aliphatic heterocycles. The summed E-state index contributed by atoms with van der Waals surface area (Å²) in [4.78, 5) is 12.1. The number of fused-ring (bicyclic) bond motifs is 2. The molecule has 0 aromatic carbocycles. The molecule has 2 heteroatoms. The number of ether oxygens (including phenoxy) is 1. The molecule has 0 N–H and O–H groups in total. The molecule has 16 heavy (non-hydrogen) atoms. The molecule has 92 valence electrons. The fourth-order valence-corrected chi connectivity index (χ4v) is 3.17. The van der Waals surface area contributed by atoms with Crippen molar-refractivity contribution in [2.24, 2.45) is 17.3 Å². The van der Waals surface area contributed by atoms with Crippen molar-refractivity contribution in [3.8, 4) is 0 Å². The summed E-state index contributed by atoms with van der Waals surface area (Å²) in [6, 6.07) is 0. The molecule has 2 aliphatic carbocycles. The van der Waals surface area contributed by atoms with Crippen molar-refractivity contribution < 1.29 is 9.53 Å². The molecule has 0 spiro atoms. The fourth-order valence-electron chi connectivity index (χ4n) is 3.17. The van der Waals surface area contributed by atoms with E-state index in [4.69, 9.17) is 4.74 Å². The van der Waals surface area contributed by atoms with Gasteiger partial charge in [0, 0.05) is 0 Å². The molecule has 3 unspecified atom stereocenters. The molecule has 0 amide bonds. The van der Waals surface area contributed by atoms with Crippen LogP contribution in [0.3, 0.4) is 0 Å². The van der Waals surface area contributed by atoms with Gasteiger partial charge in [-0.2, -0.15) is 0 Å². The van der Waals surface area contributed by atoms with Crippen molar-refractivity contribution in [2.75, 3.05) is 0 Å². The molecule has 0 radical (unpaired) electrons. The van der Waals surface area contributed by atoms with E-state index >= 15 is 0 Å². The minimum atomic E-state index is -0.329. The summed E-state index contributed by atoms with van der Waals surface area (Å²) in [6.07, 6.45) is 5.80. The van der Waals surface area contributed by atoms with Gasteiger partial charge in [-0.1, -0.05) is 6.92 Å². The average Bonchev–Trinajstić information content (AvgIpc) is 2.76. The molecule has 2 bridgehead atoms. The normalized spacial score (nSPS) is 37.8. The zero-order chi connectivity index (χ0) is 12.0. The highest BCUT2D eigenvalue weighted by Gasteiger charge is 2.51. The highest BCUT2D eigenvalue weighted by molar-refractivity contribution is 5.76. The number of rotatable bonds is 3. The Balaban J connectivity index is 2.02. The van der Waals surface area contributed by atoms with Gasteiger partial charge >= 0.3 is 5.97 Å². The minimum absolute atomic E-state index is 0.00921. The van der Waals surface area contributed by atoms with Gasteiger partial charge in [-0.3, -0.25) is 4.79 Å². The number of hydrogen-bond acceptors (Lipinski definition) is 2. The van der Waals surface area contributed by atoms with Gasteiger partial charge < -0.3 is 4.74 Å². The lowest BCUT2D eigenvalue weighted by atomic mass is 9.84. The van der Waals surface area contributed by atoms with Gasteiger partial charge in [-0.05, 0) is 64.7 Å². The average molecular weight is 224 g/mol. The van der Waals surface area contributed by atoms with Crippen LogP contribution in [-0.4, -0.2) is 11.6 Å². The van der Waals surface area contributed by atoms with E-state index in [-0.39, 0.29) is 17.0 Å². The summed E-state index contributed by atoms with van der Waals surface area (Å²) in [7, 11) is 0. The Morgan fingerprint density at radius 2 is 2.12 bits per heavy atom. The molecule has 2 aliphatic rings. The maximum Gasteiger partial charge on any atom is 0.312 e. The maximum atomic E-state index is 12.1. The van der Waals surface area contributed by atoms with Gasteiger partial charge in [0.1, 0.15) is 5.60 Å². The highest BCUT2D eigenvalue weighted by atomic mass is 16.6. The van der Waals surface area contributed by atoms with Crippen molar-refractivity contribution in [3.05, 3.63) is 0 Å². The van der Waals surface area contributed by atoms with Crippen LogP contribution in [0.1, 0.15) is 59.8 Å². The predicted octanol–water partition coefficient (Wildman–Crippen LogP) is 3.54. The molecule has 2 nitrogen and oxygen atoms in total. The van der Waals surface area contributed by atoms with Crippen LogP contribution in [0, 0.1) is 17.3 Å². The lowest BCUT2D eigenvalue weighted by Gasteiger charge is -2.36. The van der Waals surface area contributed by atoms with Crippen molar-refractivity contribution >= 4 is 5.97 Å². The molecular weight excluding hydrogens is 200 g/mol. The second kappa shape index (κ2) is 3.75. The quantitative estimate of drug-likeness (QED) is 0.685. The summed E-state index contributed by atoms with van der Waals surface area (Å²) in [5.41, 5.74) is -0.489. The Kier molecular flexibility index (Phi) is 2.80. The molecule has 2 rings (SSSR count). The summed E-state index contributed by atoms with van der Waals surface area (Å²) in [6.45, 7) is 8.14. The second-order valence-electron chi connectivity index (χ2n) is 6.52. The Morgan fingerprint density at radius 1 is 1.44 bits per heavy atom. The van der Waals surface area contributed by atoms with Crippen molar-refractivity contribution in [2.45, 2.75) is 65.4 Å². The summed E-state index contributed by atoms with van der Waals surface area (Å²) in [5, 5.41) is 0. The van der Waals surface area contributed by atoms with E-state index in [0.29, 0.717) is 5.92 Å². The zero-order valence-corrected chi connectivity index (χ0v) is 11.0. The largest absolute Gasteiger partial charge is 0.459 e. The molecule has 0 saturated heterocycles. The van der Waals surface area contributed by atoms with E-state index in [1.807, 2.05) is 20.8 Å². The Bertz CT molecular complexity index is 295. The number of carbonyl (C=O) groups excluding carboxylic acids is 1. The predicted molar refractivity (Wildman–Crippen MR) is 64.0 cm³/mol. The van der Waals surface area contributed by atoms with Crippen LogP contribution in [0.2, 0.25) is 0 Å². The van der Waals surface area contributed by atoms with E-state index < -0.39 is 0 Å². The summed E-state index contributed by atoms with van der Waals surface area (Å²) < 4.78 is 5.85. The van der Waals surface area contributed by atoms with Gasteiger partial charge in [-0.25, -0.2) is 0 Å². The van der Waals surface area contributed by atoms with E-state index in [1.165, 1.54) is 19.3 Å². The van der Waals surface area contributed by atoms with E-state index in [9.17, 15) is 4.79 Å². The van der Waals surface area contributed by atoms with Gasteiger partial charge in [0.25, 0.3) is 0 Å². The van der Waals surface area contributed by atoms with E-state index in [0.717, 1.165) is 18.8 Å². The number of esters is 1. The third-order valence-electron chi connectivity index (χ3n) is 4.86. The molecule has 0 heterocycles. The number of carbonyl (C=O) groups is 1. The Hall–Kier alpha value is -0.530. The topological polar surface area (TPSA) is 26.3 Å². The third kappa shape index (κ3) is 1.87. The van der Waals surface area contributed by atoms with Crippen LogP contribution in [0.5, 0.6) is 0 Å². The van der Waals surface area contributed by atoms with Crippen molar-refractivity contribution in [3.63, 3.8) is 0 Å². The van der Waals surface area contributed by atoms with Gasteiger partial charge in [0.05, 0.1) is 5.41 Å². The molecule has 0 aromatic rings. The van der Waals surface area contributed by atoms with E-state index in [1.54, 1.807) is 0 Å². The van der Waals surface area contributed by atoms with E-state index in [2.05, 4.69) is 6.92 Å². The third-order valence-corrected chi connectivity index (χ3v) is 4.86. The summed E-state index contributed by atoms with van der Waals surface area (Å²) >= 11 is 0. The molecule has 0 aromatic heterocycles. The second-order valence-corrected chi connectivity index (χ2v) is 6.52. The van der Waals surface area contributed by atoms with Gasteiger partial charge in [-0.15, -0.1) is 0 Å². The molecule has 3 atom stereocenters.